The topological polar surface area (TPSA) is 37.9 Å². The second kappa shape index (κ2) is 5.31. The van der Waals surface area contributed by atoms with Crippen molar-refractivity contribution in [2.45, 2.75) is 26.9 Å². The first-order chi connectivity index (χ1) is 8.54. The molecule has 0 saturated heterocycles. The van der Waals surface area contributed by atoms with Crippen LogP contribution in [0.3, 0.4) is 0 Å². The summed E-state index contributed by atoms with van der Waals surface area (Å²) in [5.74, 6) is 0.867. The van der Waals surface area contributed by atoms with Gasteiger partial charge in [-0.25, -0.2) is 4.98 Å². The lowest BCUT2D eigenvalue weighted by molar-refractivity contribution is 0.242. The van der Waals surface area contributed by atoms with Crippen molar-refractivity contribution in [3.8, 4) is 17.0 Å². The molecule has 0 spiro atoms. The summed E-state index contributed by atoms with van der Waals surface area (Å²) >= 11 is 5.08. The number of rotatable bonds is 3. The van der Waals surface area contributed by atoms with Crippen molar-refractivity contribution in [1.29, 1.82) is 0 Å². The second-order valence-corrected chi connectivity index (χ2v) is 4.83. The molecule has 0 amide bonds. The Morgan fingerprint density at radius 1 is 1.22 bits per heavy atom. The molecule has 1 heterocycles. The molecule has 0 unspecified atom stereocenters. The van der Waals surface area contributed by atoms with Crippen molar-refractivity contribution < 1.29 is 4.74 Å². The minimum absolute atomic E-state index is 0.182. The van der Waals surface area contributed by atoms with Gasteiger partial charge in [0.25, 0.3) is 0 Å². The first-order valence-electron chi connectivity index (χ1n) is 5.89. The van der Waals surface area contributed by atoms with Crippen LogP contribution in [0.25, 0.3) is 11.3 Å². The van der Waals surface area contributed by atoms with Crippen LogP contribution in [0.2, 0.25) is 0 Å². The molecule has 2 aromatic rings. The lowest BCUT2D eigenvalue weighted by Gasteiger charge is -2.10. The molecule has 3 nitrogen and oxygen atoms in total. The number of hydrogen-bond donors (Lipinski definition) is 1. The largest absolute Gasteiger partial charge is 0.491 e. The third-order valence-corrected chi connectivity index (χ3v) is 2.59. The maximum atomic E-state index is 5.61. The molecule has 0 bridgehead atoms. The fraction of sp³-hybridized carbons (Fsp3) is 0.286. The number of nitrogens with zero attached hydrogens (tertiary/aromatic N) is 1. The van der Waals surface area contributed by atoms with E-state index in [0.29, 0.717) is 4.77 Å². The number of benzene rings is 1. The SMILES string of the molecule is Cc1cc(-c2ccc(OC(C)C)cc2)nc(=S)[nH]1. The van der Waals surface area contributed by atoms with Crippen LogP contribution in [-0.4, -0.2) is 16.1 Å². The predicted octanol–water partition coefficient (Wildman–Crippen LogP) is 3.90. The normalized spacial score (nSPS) is 10.7. The van der Waals surface area contributed by atoms with E-state index in [1.807, 2.05) is 51.1 Å². The maximum Gasteiger partial charge on any atom is 0.197 e. The predicted molar refractivity (Wildman–Crippen MR) is 75.4 cm³/mol. The van der Waals surface area contributed by atoms with Crippen molar-refractivity contribution in [2.75, 3.05) is 0 Å². The van der Waals surface area contributed by atoms with Gasteiger partial charge < -0.3 is 9.72 Å². The maximum absolute atomic E-state index is 5.61. The molecule has 0 atom stereocenters. The summed E-state index contributed by atoms with van der Waals surface area (Å²) in [5, 5.41) is 0. The average molecular weight is 260 g/mol. The van der Waals surface area contributed by atoms with E-state index in [9.17, 15) is 0 Å². The molecule has 2 rings (SSSR count). The molecular formula is C14H16N2OS. The highest BCUT2D eigenvalue weighted by Crippen LogP contribution is 2.21. The molecule has 94 valence electrons. The number of hydrogen-bond acceptors (Lipinski definition) is 3. The minimum atomic E-state index is 0.182. The standard InChI is InChI=1S/C14H16N2OS/c1-9(2)17-12-6-4-11(5-7-12)13-8-10(3)15-14(18)16-13/h4-9H,1-3H3,(H,15,16,18). The number of H-pyrrole nitrogens is 1. The Kier molecular flexibility index (Phi) is 3.77. The number of nitrogens with one attached hydrogen (secondary N) is 1. The van der Waals surface area contributed by atoms with Gasteiger partial charge in [-0.3, -0.25) is 0 Å². The number of ether oxygens (including phenoxy) is 1. The van der Waals surface area contributed by atoms with Crippen LogP contribution in [-0.2, 0) is 0 Å². The third kappa shape index (κ3) is 3.17. The molecule has 0 saturated carbocycles. The van der Waals surface area contributed by atoms with E-state index in [0.717, 1.165) is 22.7 Å². The summed E-state index contributed by atoms with van der Waals surface area (Å²) in [4.78, 5) is 7.31. The first-order valence-corrected chi connectivity index (χ1v) is 6.30. The van der Waals surface area contributed by atoms with Crippen molar-refractivity contribution in [3.63, 3.8) is 0 Å². The van der Waals surface area contributed by atoms with Crippen LogP contribution >= 0.6 is 12.2 Å². The number of aryl methyl sites for hydroxylation is 1. The second-order valence-electron chi connectivity index (χ2n) is 4.45. The van der Waals surface area contributed by atoms with Gasteiger partial charge >= 0.3 is 0 Å². The molecule has 0 aliphatic rings. The molecule has 1 aromatic heterocycles. The van der Waals surface area contributed by atoms with E-state index in [4.69, 9.17) is 17.0 Å². The van der Waals surface area contributed by atoms with Crippen molar-refractivity contribution >= 4 is 12.2 Å². The third-order valence-electron chi connectivity index (χ3n) is 2.40. The highest BCUT2D eigenvalue weighted by Gasteiger charge is 2.02. The summed E-state index contributed by atoms with van der Waals surface area (Å²) in [5.41, 5.74) is 2.93. The first kappa shape index (κ1) is 12.8. The highest BCUT2D eigenvalue weighted by molar-refractivity contribution is 7.71. The van der Waals surface area contributed by atoms with Crippen molar-refractivity contribution in [1.82, 2.24) is 9.97 Å². The van der Waals surface area contributed by atoms with E-state index in [2.05, 4.69) is 9.97 Å². The Labute approximate surface area is 112 Å². The van der Waals surface area contributed by atoms with Crippen LogP contribution in [0.1, 0.15) is 19.5 Å². The fourth-order valence-corrected chi connectivity index (χ4v) is 1.96. The van der Waals surface area contributed by atoms with E-state index >= 15 is 0 Å². The molecule has 0 radical (unpaired) electrons. The Morgan fingerprint density at radius 2 is 1.89 bits per heavy atom. The van der Waals surface area contributed by atoms with Gasteiger partial charge in [0, 0.05) is 11.3 Å². The van der Waals surface area contributed by atoms with Gasteiger partial charge in [-0.1, -0.05) is 0 Å². The minimum Gasteiger partial charge on any atom is -0.491 e. The molecule has 0 aliphatic carbocycles. The zero-order chi connectivity index (χ0) is 13.1. The van der Waals surface area contributed by atoms with Gasteiger partial charge in [0.05, 0.1) is 11.8 Å². The monoisotopic (exact) mass is 260 g/mol. The molecule has 1 aromatic carbocycles. The Bertz CT molecular complexity index is 587. The molecular weight excluding hydrogens is 244 g/mol. The van der Waals surface area contributed by atoms with Gasteiger partial charge in [-0.15, -0.1) is 0 Å². The molecule has 1 N–H and O–H groups in total. The zero-order valence-corrected chi connectivity index (χ0v) is 11.5. The Balaban J connectivity index is 2.31. The summed E-state index contributed by atoms with van der Waals surface area (Å²) in [6, 6.07) is 9.87. The Morgan fingerprint density at radius 3 is 2.44 bits per heavy atom. The lowest BCUT2D eigenvalue weighted by Crippen LogP contribution is -2.05. The summed E-state index contributed by atoms with van der Waals surface area (Å²) in [6.45, 7) is 5.99. The Hall–Kier alpha value is -1.68. The van der Waals surface area contributed by atoms with Crippen LogP contribution in [0, 0.1) is 11.7 Å². The number of aromatic nitrogens is 2. The van der Waals surface area contributed by atoms with Crippen LogP contribution in [0.4, 0.5) is 0 Å². The van der Waals surface area contributed by atoms with E-state index in [1.54, 1.807) is 0 Å². The lowest BCUT2D eigenvalue weighted by atomic mass is 10.1. The number of aromatic amines is 1. The molecule has 0 fully saturated rings. The highest BCUT2D eigenvalue weighted by atomic mass is 32.1. The summed E-state index contributed by atoms with van der Waals surface area (Å²) in [7, 11) is 0. The van der Waals surface area contributed by atoms with Gasteiger partial charge in [0.2, 0.25) is 0 Å². The van der Waals surface area contributed by atoms with Gasteiger partial charge in [0.15, 0.2) is 4.77 Å². The molecule has 0 aliphatic heterocycles. The van der Waals surface area contributed by atoms with Crippen molar-refractivity contribution in [3.05, 3.63) is 40.8 Å². The van der Waals surface area contributed by atoms with Crippen LogP contribution in [0.15, 0.2) is 30.3 Å². The van der Waals surface area contributed by atoms with Gasteiger partial charge in [0.1, 0.15) is 5.75 Å². The van der Waals surface area contributed by atoms with Gasteiger partial charge in [-0.2, -0.15) is 0 Å². The van der Waals surface area contributed by atoms with E-state index in [-0.39, 0.29) is 6.10 Å². The average Bonchev–Trinajstić information content (AvgIpc) is 2.27. The molecule has 4 heteroatoms. The quantitative estimate of drug-likeness (QED) is 0.850. The summed E-state index contributed by atoms with van der Waals surface area (Å²) < 4.78 is 6.11. The van der Waals surface area contributed by atoms with E-state index < -0.39 is 0 Å². The van der Waals surface area contributed by atoms with Crippen LogP contribution in [0.5, 0.6) is 5.75 Å². The van der Waals surface area contributed by atoms with Crippen molar-refractivity contribution in [2.24, 2.45) is 0 Å². The fourth-order valence-electron chi connectivity index (χ4n) is 1.70. The summed E-state index contributed by atoms with van der Waals surface area (Å²) in [6.07, 6.45) is 0.182. The van der Waals surface area contributed by atoms with Crippen LogP contribution < -0.4 is 4.74 Å². The molecule has 18 heavy (non-hydrogen) atoms. The zero-order valence-electron chi connectivity index (χ0n) is 10.7. The van der Waals surface area contributed by atoms with E-state index in [1.165, 1.54) is 0 Å². The smallest absolute Gasteiger partial charge is 0.197 e. The van der Waals surface area contributed by atoms with Gasteiger partial charge in [-0.05, 0) is 63.3 Å².